The predicted octanol–water partition coefficient (Wildman–Crippen LogP) is 3.82. The molecule has 0 fully saturated rings. The topological polar surface area (TPSA) is 122 Å². The number of amides is 2. The Balaban J connectivity index is 2.07. The van der Waals surface area contributed by atoms with Crippen molar-refractivity contribution in [3.8, 4) is 11.5 Å². The average Bonchev–Trinajstić information content (AvgIpc) is 2.73. The van der Waals surface area contributed by atoms with Crippen molar-refractivity contribution in [1.29, 1.82) is 0 Å². The number of unbranched alkanes of at least 4 members (excludes halogenated alkanes) is 1. The molecule has 2 rings (SSSR count). The Morgan fingerprint density at radius 1 is 1.13 bits per heavy atom. The number of allylic oxidation sites excluding steroid dienone is 1. The third-order valence-corrected chi connectivity index (χ3v) is 4.17. The van der Waals surface area contributed by atoms with Crippen molar-refractivity contribution < 1.29 is 34.1 Å². The molecule has 8 heteroatoms. The number of carbonyl (C=O) groups excluding carboxylic acids is 2. The lowest BCUT2D eigenvalue weighted by Crippen LogP contribution is -2.32. The van der Waals surface area contributed by atoms with Crippen molar-refractivity contribution in [1.82, 2.24) is 5.32 Å². The first kappa shape index (κ1) is 22.5. The molecule has 0 aliphatic heterocycles. The van der Waals surface area contributed by atoms with Gasteiger partial charge in [-0.15, -0.1) is 0 Å². The Kier molecular flexibility index (Phi) is 8.43. The lowest BCUT2D eigenvalue weighted by atomic mass is 10.0. The molecule has 1 atom stereocenters. The van der Waals surface area contributed by atoms with E-state index in [4.69, 9.17) is 14.6 Å². The van der Waals surface area contributed by atoms with Crippen LogP contribution in [0.25, 0.3) is 0 Å². The molecule has 0 saturated carbocycles. The molecular formula is C22H23NO7. The molecule has 158 valence electrons. The van der Waals surface area contributed by atoms with Crippen LogP contribution in [0, 0.1) is 0 Å². The molecule has 0 aliphatic carbocycles. The fourth-order valence-electron chi connectivity index (χ4n) is 2.72. The summed E-state index contributed by atoms with van der Waals surface area (Å²) in [7, 11) is 1.42. The third kappa shape index (κ3) is 6.97. The highest BCUT2D eigenvalue weighted by Gasteiger charge is 2.20. The number of methoxy groups -OCH3 is 1. The first-order valence-corrected chi connectivity index (χ1v) is 9.24. The molecule has 0 saturated heterocycles. The number of ether oxygens (including phenoxy) is 2. The van der Waals surface area contributed by atoms with Crippen molar-refractivity contribution in [3.05, 3.63) is 71.8 Å². The fourth-order valence-corrected chi connectivity index (χ4v) is 2.72. The van der Waals surface area contributed by atoms with Crippen molar-refractivity contribution >= 4 is 18.0 Å². The van der Waals surface area contributed by atoms with Crippen molar-refractivity contribution in [2.24, 2.45) is 0 Å². The maximum absolute atomic E-state index is 12.3. The lowest BCUT2D eigenvalue weighted by molar-refractivity contribution is -0.131. The van der Waals surface area contributed by atoms with E-state index in [1.54, 1.807) is 42.5 Å². The molecule has 30 heavy (non-hydrogen) atoms. The van der Waals surface area contributed by atoms with Gasteiger partial charge in [0.25, 0.3) is 5.91 Å². The van der Waals surface area contributed by atoms with E-state index >= 15 is 0 Å². The number of rotatable bonds is 9. The van der Waals surface area contributed by atoms with Crippen molar-refractivity contribution in [3.63, 3.8) is 0 Å². The van der Waals surface area contributed by atoms with Gasteiger partial charge in [-0.1, -0.05) is 30.3 Å². The number of aliphatic carboxylic acids is 1. The van der Waals surface area contributed by atoms with Crippen LogP contribution in [-0.2, 0) is 9.53 Å². The van der Waals surface area contributed by atoms with E-state index in [0.717, 1.165) is 6.08 Å². The molecule has 3 N–H and O–H groups in total. The number of phenolic OH excluding ortho intramolecular Hbond substituents is 1. The second-order valence-electron chi connectivity index (χ2n) is 6.32. The van der Waals surface area contributed by atoms with Crippen LogP contribution in [0.3, 0.4) is 0 Å². The number of carboxylic acid groups (broad SMARTS) is 1. The SMILES string of the molecule is COc1ccc([C@@H](CCC/C=C/C(=O)O)OC(=O)NC(=O)c2ccccc2)cc1O. The number of hydrogen-bond acceptors (Lipinski definition) is 6. The van der Waals surface area contributed by atoms with Crippen LogP contribution in [-0.4, -0.2) is 35.3 Å². The van der Waals surface area contributed by atoms with Crippen LogP contribution in [0.5, 0.6) is 11.5 Å². The molecule has 8 nitrogen and oxygen atoms in total. The summed E-state index contributed by atoms with van der Waals surface area (Å²) in [5, 5.41) is 20.8. The van der Waals surface area contributed by atoms with E-state index in [9.17, 15) is 19.5 Å². The smallest absolute Gasteiger partial charge is 0.414 e. The normalized spacial score (nSPS) is 11.6. The molecule has 0 aliphatic rings. The highest BCUT2D eigenvalue weighted by Crippen LogP contribution is 2.32. The van der Waals surface area contributed by atoms with E-state index in [2.05, 4.69) is 5.32 Å². The van der Waals surface area contributed by atoms with Crippen molar-refractivity contribution in [2.45, 2.75) is 25.4 Å². The van der Waals surface area contributed by atoms with E-state index < -0.39 is 24.1 Å². The fraction of sp³-hybridized carbons (Fsp3) is 0.227. The van der Waals surface area contributed by atoms with Gasteiger partial charge in [0.15, 0.2) is 11.5 Å². The molecule has 0 heterocycles. The summed E-state index contributed by atoms with van der Waals surface area (Å²) in [4.78, 5) is 34.9. The molecule has 2 aromatic rings. The molecule has 2 amide bonds. The number of alkyl carbamates (subject to hydrolysis) is 1. The number of aromatic hydroxyl groups is 1. The van der Waals surface area contributed by atoms with E-state index in [0.29, 0.717) is 30.4 Å². The zero-order valence-electron chi connectivity index (χ0n) is 16.4. The van der Waals surface area contributed by atoms with Crippen LogP contribution in [0.2, 0.25) is 0 Å². The predicted molar refractivity (Wildman–Crippen MR) is 108 cm³/mol. The van der Waals surface area contributed by atoms with Crippen LogP contribution in [0.15, 0.2) is 60.7 Å². The van der Waals surface area contributed by atoms with Gasteiger partial charge in [-0.3, -0.25) is 10.1 Å². The zero-order chi connectivity index (χ0) is 21.9. The molecule has 0 radical (unpaired) electrons. The number of hydrogen-bond donors (Lipinski definition) is 3. The maximum Gasteiger partial charge on any atom is 0.414 e. The van der Waals surface area contributed by atoms with E-state index in [1.165, 1.54) is 19.3 Å². The molecule has 2 aromatic carbocycles. The largest absolute Gasteiger partial charge is 0.504 e. The van der Waals surface area contributed by atoms with Gasteiger partial charge in [0.2, 0.25) is 0 Å². The summed E-state index contributed by atoms with van der Waals surface area (Å²) in [5.41, 5.74) is 0.824. The van der Waals surface area contributed by atoms with E-state index in [-0.39, 0.29) is 11.5 Å². The second-order valence-corrected chi connectivity index (χ2v) is 6.32. The highest BCUT2D eigenvalue weighted by atomic mass is 16.6. The standard InChI is InChI=1S/C22H23NO7/c1-29-19-13-12-16(14-17(19)24)18(10-6-3-7-11-20(25)26)30-22(28)23-21(27)15-8-4-2-5-9-15/h2,4-5,7-9,11-14,18,24H,3,6,10H2,1H3,(H,25,26)(H,23,27,28)/b11-7+/t18-/m1/s1. The van der Waals surface area contributed by atoms with Crippen LogP contribution < -0.4 is 10.1 Å². The molecule has 0 unspecified atom stereocenters. The number of carboxylic acids is 1. The minimum Gasteiger partial charge on any atom is -0.504 e. The molecule has 0 aromatic heterocycles. The van der Waals surface area contributed by atoms with Crippen LogP contribution in [0.4, 0.5) is 4.79 Å². The number of phenols is 1. The number of nitrogens with one attached hydrogen (secondary N) is 1. The number of imide groups is 1. The molecular weight excluding hydrogens is 390 g/mol. The maximum atomic E-state index is 12.3. The minimum atomic E-state index is -1.04. The van der Waals surface area contributed by atoms with Gasteiger partial charge in [0.1, 0.15) is 6.10 Å². The summed E-state index contributed by atoms with van der Waals surface area (Å²) in [5.74, 6) is -1.48. The average molecular weight is 413 g/mol. The quantitative estimate of drug-likeness (QED) is 0.422. The zero-order valence-corrected chi connectivity index (χ0v) is 16.4. The van der Waals surface area contributed by atoms with Crippen molar-refractivity contribution in [2.75, 3.05) is 7.11 Å². The van der Waals surface area contributed by atoms with Gasteiger partial charge in [0.05, 0.1) is 7.11 Å². The Morgan fingerprint density at radius 2 is 1.87 bits per heavy atom. The number of benzene rings is 2. The summed E-state index contributed by atoms with van der Waals surface area (Å²) in [6.45, 7) is 0. The van der Waals surface area contributed by atoms with Gasteiger partial charge in [-0.25, -0.2) is 9.59 Å². The summed E-state index contributed by atoms with van der Waals surface area (Å²) >= 11 is 0. The minimum absolute atomic E-state index is 0.116. The molecule has 0 bridgehead atoms. The van der Waals surface area contributed by atoms with Crippen LogP contribution >= 0.6 is 0 Å². The number of carbonyl (C=O) groups is 3. The Hall–Kier alpha value is -3.81. The monoisotopic (exact) mass is 413 g/mol. The summed E-state index contributed by atoms with van der Waals surface area (Å²) in [6, 6.07) is 12.8. The second kappa shape index (κ2) is 11.3. The van der Waals surface area contributed by atoms with Gasteiger partial charge in [-0.2, -0.15) is 0 Å². The lowest BCUT2D eigenvalue weighted by Gasteiger charge is -2.19. The Morgan fingerprint density at radius 3 is 2.50 bits per heavy atom. The van der Waals surface area contributed by atoms with Gasteiger partial charge in [-0.05, 0) is 49.1 Å². The summed E-state index contributed by atoms with van der Waals surface area (Å²) < 4.78 is 10.4. The van der Waals surface area contributed by atoms with Gasteiger partial charge in [0, 0.05) is 11.6 Å². The summed E-state index contributed by atoms with van der Waals surface area (Å²) in [6.07, 6.45) is 2.18. The highest BCUT2D eigenvalue weighted by molar-refractivity contribution is 6.02. The Bertz CT molecular complexity index is 909. The Labute approximate surface area is 173 Å². The van der Waals surface area contributed by atoms with Crippen LogP contribution in [0.1, 0.15) is 41.3 Å². The third-order valence-electron chi connectivity index (χ3n) is 4.17. The first-order chi connectivity index (χ1) is 14.4. The molecule has 0 spiro atoms. The first-order valence-electron chi connectivity index (χ1n) is 9.24. The van der Waals surface area contributed by atoms with Gasteiger partial charge >= 0.3 is 12.1 Å². The van der Waals surface area contributed by atoms with Gasteiger partial charge < -0.3 is 19.7 Å². The van der Waals surface area contributed by atoms with E-state index in [1.807, 2.05) is 0 Å².